The van der Waals surface area contributed by atoms with Gasteiger partial charge in [-0.2, -0.15) is 8.78 Å². The summed E-state index contributed by atoms with van der Waals surface area (Å²) in [6, 6.07) is 11.1. The maximum absolute atomic E-state index is 13.6. The van der Waals surface area contributed by atoms with E-state index in [2.05, 4.69) is 4.98 Å². The van der Waals surface area contributed by atoms with Gasteiger partial charge in [0.1, 0.15) is 5.75 Å². The van der Waals surface area contributed by atoms with E-state index < -0.39 is 5.92 Å². The zero-order valence-corrected chi connectivity index (χ0v) is 11.7. The second-order valence-corrected chi connectivity index (χ2v) is 4.91. The molecule has 2 aromatic heterocycles. The van der Waals surface area contributed by atoms with Gasteiger partial charge in [0.2, 0.25) is 0 Å². The van der Waals surface area contributed by atoms with E-state index in [1.54, 1.807) is 19.4 Å². The summed E-state index contributed by atoms with van der Waals surface area (Å²) in [5, 5.41) is 0. The molecular formula is C16H14F2N2O. The second-order valence-electron chi connectivity index (χ2n) is 4.91. The summed E-state index contributed by atoms with van der Waals surface area (Å²) in [4.78, 5) is 3.82. The first-order chi connectivity index (χ1) is 9.99. The zero-order valence-electron chi connectivity index (χ0n) is 11.7. The van der Waals surface area contributed by atoms with Crippen LogP contribution in [0.3, 0.4) is 0 Å². The number of aromatic nitrogens is 2. The van der Waals surface area contributed by atoms with E-state index in [1.807, 2.05) is 30.3 Å². The molecule has 3 rings (SSSR count). The maximum Gasteiger partial charge on any atom is 0.302 e. The normalized spacial score (nSPS) is 11.8. The van der Waals surface area contributed by atoms with Crippen LogP contribution in [0.15, 0.2) is 48.8 Å². The average Bonchev–Trinajstić information content (AvgIpc) is 2.90. The minimum atomic E-state index is -2.98. The summed E-state index contributed by atoms with van der Waals surface area (Å²) in [6.45, 7) is 0.849. The Morgan fingerprint density at radius 1 is 1.05 bits per heavy atom. The molecule has 0 spiro atoms. The first kappa shape index (κ1) is 13.5. The number of pyridine rings is 1. The molecule has 0 aliphatic rings. The molecule has 0 N–H and O–H groups in total. The molecule has 2 heterocycles. The van der Waals surface area contributed by atoms with Crippen LogP contribution in [0.5, 0.6) is 5.75 Å². The van der Waals surface area contributed by atoms with E-state index in [1.165, 1.54) is 10.6 Å². The van der Waals surface area contributed by atoms with Gasteiger partial charge < -0.3 is 4.74 Å². The molecule has 3 aromatic rings. The fraction of sp³-hybridized carbons (Fsp3) is 0.188. The van der Waals surface area contributed by atoms with E-state index in [-0.39, 0.29) is 5.82 Å². The molecule has 0 atom stereocenters. The fourth-order valence-electron chi connectivity index (χ4n) is 2.27. The number of hydrogen-bond donors (Lipinski definition) is 0. The van der Waals surface area contributed by atoms with Gasteiger partial charge >= 0.3 is 5.92 Å². The van der Waals surface area contributed by atoms with Crippen LogP contribution < -0.4 is 4.74 Å². The Morgan fingerprint density at radius 3 is 2.33 bits per heavy atom. The number of imidazole rings is 1. The third-order valence-electron chi connectivity index (χ3n) is 3.34. The van der Waals surface area contributed by atoms with Gasteiger partial charge in [-0.05, 0) is 29.3 Å². The molecule has 1 aromatic carbocycles. The molecule has 3 nitrogen and oxygen atoms in total. The summed E-state index contributed by atoms with van der Waals surface area (Å²) in [5.74, 6) is -2.48. The Labute approximate surface area is 120 Å². The smallest absolute Gasteiger partial charge is 0.302 e. The first-order valence-corrected chi connectivity index (χ1v) is 6.49. The van der Waals surface area contributed by atoms with Gasteiger partial charge in [0.15, 0.2) is 5.82 Å². The highest BCUT2D eigenvalue weighted by Crippen LogP contribution is 2.29. The maximum atomic E-state index is 13.6. The van der Waals surface area contributed by atoms with Gasteiger partial charge in [-0.15, -0.1) is 0 Å². The van der Waals surface area contributed by atoms with Gasteiger partial charge in [0.05, 0.1) is 18.8 Å². The van der Waals surface area contributed by atoms with Crippen LogP contribution in [0.1, 0.15) is 12.7 Å². The Kier molecular flexibility index (Phi) is 3.12. The zero-order chi connectivity index (χ0) is 15.0. The predicted molar refractivity (Wildman–Crippen MR) is 76.7 cm³/mol. The number of alkyl halides is 2. The van der Waals surface area contributed by atoms with Gasteiger partial charge in [0, 0.05) is 13.1 Å². The topological polar surface area (TPSA) is 26.5 Å². The lowest BCUT2D eigenvalue weighted by Crippen LogP contribution is -2.12. The molecule has 21 heavy (non-hydrogen) atoms. The summed E-state index contributed by atoms with van der Waals surface area (Å²) >= 11 is 0. The highest BCUT2D eigenvalue weighted by Gasteiger charge is 2.29. The quantitative estimate of drug-likeness (QED) is 0.724. The summed E-state index contributed by atoms with van der Waals surface area (Å²) < 4.78 is 33.6. The minimum Gasteiger partial charge on any atom is -0.497 e. The summed E-state index contributed by atoms with van der Waals surface area (Å²) in [5.41, 5.74) is 2.41. The van der Waals surface area contributed by atoms with Crippen LogP contribution in [-0.2, 0) is 5.92 Å². The number of halogens is 2. The summed E-state index contributed by atoms with van der Waals surface area (Å²) in [7, 11) is 1.60. The second kappa shape index (κ2) is 4.84. The lowest BCUT2D eigenvalue weighted by molar-refractivity contribution is 0.00721. The number of hydrogen-bond acceptors (Lipinski definition) is 2. The molecule has 0 saturated carbocycles. The van der Waals surface area contributed by atoms with Crippen LogP contribution in [0.2, 0.25) is 0 Å². The van der Waals surface area contributed by atoms with Gasteiger partial charge in [-0.1, -0.05) is 18.2 Å². The molecule has 5 heteroatoms. The van der Waals surface area contributed by atoms with E-state index in [0.717, 1.165) is 23.8 Å². The molecule has 0 radical (unpaired) electrons. The van der Waals surface area contributed by atoms with Crippen LogP contribution in [0.25, 0.3) is 16.6 Å². The molecule has 0 fully saturated rings. The minimum absolute atomic E-state index is 0.257. The van der Waals surface area contributed by atoms with E-state index in [0.29, 0.717) is 5.52 Å². The number of rotatable bonds is 3. The molecule has 0 aliphatic heterocycles. The van der Waals surface area contributed by atoms with Crippen LogP contribution >= 0.6 is 0 Å². The predicted octanol–water partition coefficient (Wildman–Crippen LogP) is 4.12. The average molecular weight is 288 g/mol. The Morgan fingerprint density at radius 2 is 1.71 bits per heavy atom. The monoisotopic (exact) mass is 288 g/mol. The number of benzene rings is 1. The molecule has 0 saturated heterocycles. The van der Waals surface area contributed by atoms with Crippen molar-refractivity contribution in [2.75, 3.05) is 7.11 Å². The van der Waals surface area contributed by atoms with Crippen molar-refractivity contribution < 1.29 is 13.5 Å². The third kappa shape index (κ3) is 2.46. The Hall–Kier alpha value is -2.43. The van der Waals surface area contributed by atoms with Gasteiger partial charge in [-0.3, -0.25) is 4.40 Å². The number of nitrogens with zero attached hydrogens (tertiary/aromatic N) is 2. The fourth-order valence-corrected chi connectivity index (χ4v) is 2.27. The van der Waals surface area contributed by atoms with E-state index in [4.69, 9.17) is 4.74 Å². The lowest BCUT2D eigenvalue weighted by Gasteiger charge is -2.10. The molecular weight excluding hydrogens is 274 g/mol. The highest BCUT2D eigenvalue weighted by molar-refractivity contribution is 5.66. The third-order valence-corrected chi connectivity index (χ3v) is 3.34. The largest absolute Gasteiger partial charge is 0.497 e. The standard InChI is InChI=1S/C16H14F2N2O/c1-16(17,18)15-19-9-13-6-3-12(10-20(13)15)11-4-7-14(21-2)8-5-11/h3-10H,1-2H3. The van der Waals surface area contributed by atoms with Crippen LogP contribution in [-0.4, -0.2) is 16.5 Å². The Bertz CT molecular complexity index is 773. The van der Waals surface area contributed by atoms with Crippen molar-refractivity contribution in [2.24, 2.45) is 0 Å². The number of methoxy groups -OCH3 is 1. The van der Waals surface area contributed by atoms with E-state index >= 15 is 0 Å². The molecule has 0 bridgehead atoms. The van der Waals surface area contributed by atoms with Crippen molar-refractivity contribution in [1.82, 2.24) is 9.38 Å². The Balaban J connectivity index is 2.11. The van der Waals surface area contributed by atoms with Gasteiger partial charge in [-0.25, -0.2) is 4.98 Å². The highest BCUT2D eigenvalue weighted by atomic mass is 19.3. The number of ether oxygens (including phenoxy) is 1. The van der Waals surface area contributed by atoms with Crippen molar-refractivity contribution in [3.05, 3.63) is 54.6 Å². The molecule has 0 unspecified atom stereocenters. The van der Waals surface area contributed by atoms with E-state index in [9.17, 15) is 8.78 Å². The van der Waals surface area contributed by atoms with Crippen LogP contribution in [0.4, 0.5) is 8.78 Å². The lowest BCUT2D eigenvalue weighted by atomic mass is 10.1. The first-order valence-electron chi connectivity index (χ1n) is 6.49. The van der Waals surface area contributed by atoms with Crippen molar-refractivity contribution in [3.8, 4) is 16.9 Å². The van der Waals surface area contributed by atoms with Crippen molar-refractivity contribution in [1.29, 1.82) is 0 Å². The molecule has 0 amide bonds. The van der Waals surface area contributed by atoms with Crippen molar-refractivity contribution in [3.63, 3.8) is 0 Å². The SMILES string of the molecule is COc1ccc(-c2ccc3cnc(C(C)(F)F)n3c2)cc1. The van der Waals surface area contributed by atoms with Gasteiger partial charge in [0.25, 0.3) is 0 Å². The summed E-state index contributed by atoms with van der Waals surface area (Å²) in [6.07, 6.45) is 3.13. The number of fused-ring (bicyclic) bond motifs is 1. The molecule has 108 valence electrons. The molecule has 0 aliphatic carbocycles. The van der Waals surface area contributed by atoms with Crippen LogP contribution in [0, 0.1) is 0 Å². The van der Waals surface area contributed by atoms with Crippen molar-refractivity contribution >= 4 is 5.52 Å². The van der Waals surface area contributed by atoms with Crippen molar-refractivity contribution in [2.45, 2.75) is 12.8 Å².